The maximum absolute atomic E-state index is 4.11. The Morgan fingerprint density at radius 2 is 2.13 bits per heavy atom. The Kier molecular flexibility index (Phi) is 5.32. The Bertz CT molecular complexity index is 243. The molecule has 0 unspecified atom stereocenters. The normalized spacial score (nSPS) is 11.5. The molecule has 0 spiro atoms. The van der Waals surface area contributed by atoms with Crippen LogP contribution in [0.15, 0.2) is 12.7 Å². The van der Waals surface area contributed by atoms with E-state index in [1.807, 2.05) is 4.68 Å². The third kappa shape index (κ3) is 4.42. The molecule has 0 aliphatic carbocycles. The van der Waals surface area contributed by atoms with E-state index in [4.69, 9.17) is 0 Å². The highest BCUT2D eigenvalue weighted by Gasteiger charge is 2.08. The molecule has 1 heterocycles. The minimum Gasteiger partial charge on any atom is -0.299 e. The summed E-state index contributed by atoms with van der Waals surface area (Å²) in [6, 6.07) is 0.611. The van der Waals surface area contributed by atoms with Gasteiger partial charge in [-0.25, -0.2) is 4.98 Å². The molecule has 1 aromatic rings. The molecule has 4 nitrogen and oxygen atoms in total. The first-order valence-electron chi connectivity index (χ1n) is 5.80. The summed E-state index contributed by atoms with van der Waals surface area (Å²) >= 11 is 0. The van der Waals surface area contributed by atoms with Crippen molar-refractivity contribution in [3.05, 3.63) is 12.7 Å². The smallest absolute Gasteiger partial charge is 0.137 e. The van der Waals surface area contributed by atoms with Crippen LogP contribution in [-0.4, -0.2) is 38.8 Å². The monoisotopic (exact) mass is 210 g/mol. The van der Waals surface area contributed by atoms with Gasteiger partial charge in [0.15, 0.2) is 0 Å². The van der Waals surface area contributed by atoms with Crippen LogP contribution in [0.25, 0.3) is 0 Å². The first-order valence-corrected chi connectivity index (χ1v) is 5.80. The van der Waals surface area contributed by atoms with Gasteiger partial charge in [-0.1, -0.05) is 13.3 Å². The lowest BCUT2D eigenvalue weighted by Crippen LogP contribution is -2.34. The van der Waals surface area contributed by atoms with Crippen molar-refractivity contribution in [2.45, 2.75) is 46.2 Å². The average molecular weight is 210 g/mol. The highest BCUT2D eigenvalue weighted by molar-refractivity contribution is 4.64. The Morgan fingerprint density at radius 3 is 2.67 bits per heavy atom. The van der Waals surface area contributed by atoms with E-state index in [1.54, 1.807) is 12.7 Å². The van der Waals surface area contributed by atoms with E-state index in [1.165, 1.54) is 19.4 Å². The molecule has 0 aliphatic heterocycles. The standard InChI is InChI=1S/C11H22N4/c1-4-5-6-14(11(2)3)7-8-15-10-12-9-13-15/h9-11H,4-8H2,1-3H3. The molecule has 0 N–H and O–H groups in total. The fourth-order valence-electron chi connectivity index (χ4n) is 1.57. The van der Waals surface area contributed by atoms with Crippen LogP contribution < -0.4 is 0 Å². The van der Waals surface area contributed by atoms with E-state index in [-0.39, 0.29) is 0 Å². The predicted molar refractivity (Wildman–Crippen MR) is 61.6 cm³/mol. The lowest BCUT2D eigenvalue weighted by molar-refractivity contribution is 0.207. The summed E-state index contributed by atoms with van der Waals surface area (Å²) in [6.07, 6.45) is 5.90. The van der Waals surface area contributed by atoms with Gasteiger partial charge in [-0.05, 0) is 26.8 Å². The molecular weight excluding hydrogens is 188 g/mol. The zero-order chi connectivity index (χ0) is 11.1. The van der Waals surface area contributed by atoms with Gasteiger partial charge >= 0.3 is 0 Å². The summed E-state index contributed by atoms with van der Waals surface area (Å²) in [4.78, 5) is 6.43. The van der Waals surface area contributed by atoms with Crippen molar-refractivity contribution in [1.82, 2.24) is 19.7 Å². The molecular formula is C11H22N4. The third-order valence-electron chi connectivity index (χ3n) is 2.61. The number of hydrogen-bond acceptors (Lipinski definition) is 3. The molecule has 1 aromatic heterocycles. The van der Waals surface area contributed by atoms with Crippen LogP contribution in [0.4, 0.5) is 0 Å². The van der Waals surface area contributed by atoms with Crippen LogP contribution in [0, 0.1) is 0 Å². The van der Waals surface area contributed by atoms with Gasteiger partial charge in [-0.3, -0.25) is 9.58 Å². The van der Waals surface area contributed by atoms with Crippen LogP contribution in [0.1, 0.15) is 33.6 Å². The lowest BCUT2D eigenvalue weighted by atomic mass is 10.2. The first-order chi connectivity index (χ1) is 7.24. The Hall–Kier alpha value is -0.900. The molecule has 0 atom stereocenters. The quantitative estimate of drug-likeness (QED) is 0.688. The van der Waals surface area contributed by atoms with Gasteiger partial charge in [-0.2, -0.15) is 5.10 Å². The molecule has 0 saturated heterocycles. The van der Waals surface area contributed by atoms with Crippen molar-refractivity contribution < 1.29 is 0 Å². The van der Waals surface area contributed by atoms with E-state index in [2.05, 4.69) is 35.8 Å². The molecule has 0 aromatic carbocycles. The third-order valence-corrected chi connectivity index (χ3v) is 2.61. The van der Waals surface area contributed by atoms with Crippen molar-refractivity contribution in [1.29, 1.82) is 0 Å². The van der Waals surface area contributed by atoms with E-state index in [0.717, 1.165) is 13.1 Å². The Balaban J connectivity index is 2.31. The maximum Gasteiger partial charge on any atom is 0.137 e. The second kappa shape index (κ2) is 6.56. The molecule has 86 valence electrons. The van der Waals surface area contributed by atoms with Gasteiger partial charge < -0.3 is 0 Å². The van der Waals surface area contributed by atoms with Crippen molar-refractivity contribution in [3.8, 4) is 0 Å². The van der Waals surface area contributed by atoms with Gasteiger partial charge in [0.05, 0.1) is 6.54 Å². The Labute approximate surface area is 92.3 Å². The maximum atomic E-state index is 4.11. The molecule has 0 fully saturated rings. The number of aromatic nitrogens is 3. The summed E-state index contributed by atoms with van der Waals surface area (Å²) in [6.45, 7) is 9.90. The number of hydrogen-bond donors (Lipinski definition) is 0. The molecule has 0 aliphatic rings. The molecule has 1 rings (SSSR count). The van der Waals surface area contributed by atoms with Crippen LogP contribution >= 0.6 is 0 Å². The average Bonchev–Trinajstić information content (AvgIpc) is 2.70. The SMILES string of the molecule is CCCCN(CCn1cncn1)C(C)C. The second-order valence-corrected chi connectivity index (χ2v) is 4.14. The van der Waals surface area contributed by atoms with Gasteiger partial charge in [0.25, 0.3) is 0 Å². The highest BCUT2D eigenvalue weighted by Crippen LogP contribution is 2.01. The van der Waals surface area contributed by atoms with Crippen LogP contribution in [0.2, 0.25) is 0 Å². The minimum atomic E-state index is 0.611. The summed E-state index contributed by atoms with van der Waals surface area (Å²) in [7, 11) is 0. The second-order valence-electron chi connectivity index (χ2n) is 4.14. The zero-order valence-corrected chi connectivity index (χ0v) is 10.1. The highest BCUT2D eigenvalue weighted by atomic mass is 15.3. The lowest BCUT2D eigenvalue weighted by Gasteiger charge is -2.26. The van der Waals surface area contributed by atoms with Crippen molar-refractivity contribution in [2.24, 2.45) is 0 Å². The fraction of sp³-hybridized carbons (Fsp3) is 0.818. The molecule has 0 radical (unpaired) electrons. The number of rotatable bonds is 7. The topological polar surface area (TPSA) is 34.0 Å². The van der Waals surface area contributed by atoms with Crippen molar-refractivity contribution in [3.63, 3.8) is 0 Å². The molecule has 0 saturated carbocycles. The van der Waals surface area contributed by atoms with Gasteiger partial charge in [-0.15, -0.1) is 0 Å². The van der Waals surface area contributed by atoms with E-state index in [9.17, 15) is 0 Å². The Morgan fingerprint density at radius 1 is 1.33 bits per heavy atom. The van der Waals surface area contributed by atoms with Crippen LogP contribution in [0.5, 0.6) is 0 Å². The van der Waals surface area contributed by atoms with Crippen molar-refractivity contribution >= 4 is 0 Å². The van der Waals surface area contributed by atoms with Crippen LogP contribution in [-0.2, 0) is 6.54 Å². The molecule has 0 bridgehead atoms. The van der Waals surface area contributed by atoms with Gasteiger partial charge in [0.1, 0.15) is 12.7 Å². The summed E-state index contributed by atoms with van der Waals surface area (Å²) < 4.78 is 1.89. The first kappa shape index (κ1) is 12.2. The number of nitrogens with zero attached hydrogens (tertiary/aromatic N) is 4. The van der Waals surface area contributed by atoms with E-state index < -0.39 is 0 Å². The fourth-order valence-corrected chi connectivity index (χ4v) is 1.57. The molecule has 15 heavy (non-hydrogen) atoms. The molecule has 4 heteroatoms. The molecule has 0 amide bonds. The summed E-state index contributed by atoms with van der Waals surface area (Å²) in [5, 5.41) is 4.11. The van der Waals surface area contributed by atoms with Crippen LogP contribution in [0.3, 0.4) is 0 Å². The van der Waals surface area contributed by atoms with E-state index >= 15 is 0 Å². The number of unbranched alkanes of at least 4 members (excludes halogenated alkanes) is 1. The van der Waals surface area contributed by atoms with Gasteiger partial charge in [0.2, 0.25) is 0 Å². The summed E-state index contributed by atoms with van der Waals surface area (Å²) in [5.41, 5.74) is 0. The van der Waals surface area contributed by atoms with Gasteiger partial charge in [0, 0.05) is 12.6 Å². The van der Waals surface area contributed by atoms with E-state index in [0.29, 0.717) is 6.04 Å². The van der Waals surface area contributed by atoms with Crippen molar-refractivity contribution in [2.75, 3.05) is 13.1 Å². The zero-order valence-electron chi connectivity index (χ0n) is 10.1. The largest absolute Gasteiger partial charge is 0.299 e. The minimum absolute atomic E-state index is 0.611. The summed E-state index contributed by atoms with van der Waals surface area (Å²) in [5.74, 6) is 0. The predicted octanol–water partition coefficient (Wildman–Crippen LogP) is 1.79.